The van der Waals surface area contributed by atoms with Crippen LogP contribution in [0.2, 0.25) is 0 Å². The lowest BCUT2D eigenvalue weighted by Crippen LogP contribution is -2.51. The third-order valence-electron chi connectivity index (χ3n) is 3.98. The minimum atomic E-state index is -0.327. The van der Waals surface area contributed by atoms with E-state index in [9.17, 15) is 9.18 Å². The van der Waals surface area contributed by atoms with Crippen LogP contribution in [-0.4, -0.2) is 56.3 Å². The highest BCUT2D eigenvalue weighted by Gasteiger charge is 2.24. The monoisotopic (exact) mass is 324 g/mol. The summed E-state index contributed by atoms with van der Waals surface area (Å²) in [6, 6.07) is 5.91. The number of morpholine rings is 1. The number of carbonyl (C=O) groups is 1. The molecule has 5 nitrogen and oxygen atoms in total. The van der Waals surface area contributed by atoms with Gasteiger partial charge in [-0.25, -0.2) is 4.39 Å². The van der Waals surface area contributed by atoms with Gasteiger partial charge in [0.1, 0.15) is 11.6 Å². The highest BCUT2D eigenvalue weighted by atomic mass is 19.1. The molecule has 0 aliphatic carbocycles. The Balaban J connectivity index is 1.75. The van der Waals surface area contributed by atoms with Gasteiger partial charge in [-0.05, 0) is 30.2 Å². The second-order valence-corrected chi connectivity index (χ2v) is 6.01. The van der Waals surface area contributed by atoms with E-state index in [0.29, 0.717) is 18.2 Å². The second kappa shape index (κ2) is 8.84. The standard InChI is InChI=1S/C17H25FN2O3/c1-13(2)16(20-7-9-22-10-8-20)11-19-17(21)12-23-15-5-3-14(18)4-6-15/h3-6,13,16H,7-12H2,1-2H3,(H,19,21). The zero-order valence-electron chi connectivity index (χ0n) is 13.8. The Labute approximate surface area is 136 Å². The fourth-order valence-electron chi connectivity index (χ4n) is 2.64. The molecule has 1 fully saturated rings. The molecule has 1 aliphatic rings. The van der Waals surface area contributed by atoms with E-state index in [4.69, 9.17) is 9.47 Å². The van der Waals surface area contributed by atoms with E-state index in [1.165, 1.54) is 24.3 Å². The van der Waals surface area contributed by atoms with E-state index >= 15 is 0 Å². The average Bonchev–Trinajstić information content (AvgIpc) is 2.55. The molecule has 0 saturated carbocycles. The lowest BCUT2D eigenvalue weighted by atomic mass is 10.0. The van der Waals surface area contributed by atoms with Crippen LogP contribution in [0.1, 0.15) is 13.8 Å². The predicted molar refractivity (Wildman–Crippen MR) is 85.9 cm³/mol. The summed E-state index contributed by atoms with van der Waals surface area (Å²) in [5.74, 6) is 0.418. The molecule has 23 heavy (non-hydrogen) atoms. The summed E-state index contributed by atoms with van der Waals surface area (Å²) in [5, 5.41) is 2.92. The van der Waals surface area contributed by atoms with Crippen molar-refractivity contribution in [2.45, 2.75) is 19.9 Å². The van der Waals surface area contributed by atoms with Gasteiger partial charge in [0.25, 0.3) is 5.91 Å². The zero-order chi connectivity index (χ0) is 16.7. The van der Waals surface area contributed by atoms with E-state index in [1.54, 1.807) is 0 Å². The van der Waals surface area contributed by atoms with Crippen LogP contribution in [-0.2, 0) is 9.53 Å². The Hall–Kier alpha value is -1.66. The second-order valence-electron chi connectivity index (χ2n) is 6.01. The summed E-state index contributed by atoms with van der Waals surface area (Å²) < 4.78 is 23.5. The van der Waals surface area contributed by atoms with E-state index in [-0.39, 0.29) is 24.4 Å². The van der Waals surface area contributed by atoms with Gasteiger partial charge in [-0.15, -0.1) is 0 Å². The fourth-order valence-corrected chi connectivity index (χ4v) is 2.64. The van der Waals surface area contributed by atoms with Crippen molar-refractivity contribution in [2.75, 3.05) is 39.5 Å². The van der Waals surface area contributed by atoms with Gasteiger partial charge >= 0.3 is 0 Å². The van der Waals surface area contributed by atoms with Crippen LogP contribution >= 0.6 is 0 Å². The molecule has 0 aromatic heterocycles. The van der Waals surface area contributed by atoms with Gasteiger partial charge < -0.3 is 14.8 Å². The normalized spacial score (nSPS) is 17.0. The van der Waals surface area contributed by atoms with Gasteiger partial charge in [0, 0.05) is 25.7 Å². The number of hydrogen-bond donors (Lipinski definition) is 1. The first-order valence-electron chi connectivity index (χ1n) is 8.03. The molecule has 2 rings (SSSR count). The number of halogens is 1. The third kappa shape index (κ3) is 5.80. The highest BCUT2D eigenvalue weighted by molar-refractivity contribution is 5.77. The summed E-state index contributed by atoms with van der Waals surface area (Å²) in [5.41, 5.74) is 0. The molecule has 1 heterocycles. The SMILES string of the molecule is CC(C)C(CNC(=O)COc1ccc(F)cc1)N1CCOCC1. The Bertz CT molecular complexity index is 487. The number of rotatable bonds is 7. The Morgan fingerprint density at radius 2 is 1.96 bits per heavy atom. The predicted octanol–water partition coefficient (Wildman–Crippen LogP) is 1.68. The summed E-state index contributed by atoms with van der Waals surface area (Å²) in [6.45, 7) is 8.09. The Morgan fingerprint density at radius 1 is 1.30 bits per heavy atom. The van der Waals surface area contributed by atoms with Crippen molar-refractivity contribution in [1.82, 2.24) is 10.2 Å². The van der Waals surface area contributed by atoms with Crippen molar-refractivity contribution >= 4 is 5.91 Å². The maximum absolute atomic E-state index is 12.8. The first-order chi connectivity index (χ1) is 11.1. The number of nitrogens with one attached hydrogen (secondary N) is 1. The number of amides is 1. The molecule has 1 unspecified atom stereocenters. The molecule has 6 heteroatoms. The molecular formula is C17H25FN2O3. The Kier molecular flexibility index (Phi) is 6.80. The molecule has 1 aliphatic heterocycles. The number of nitrogens with zero attached hydrogens (tertiary/aromatic N) is 1. The van der Waals surface area contributed by atoms with Crippen LogP contribution in [0.15, 0.2) is 24.3 Å². The van der Waals surface area contributed by atoms with Gasteiger partial charge in [-0.3, -0.25) is 9.69 Å². The molecule has 1 saturated heterocycles. The summed E-state index contributed by atoms with van der Waals surface area (Å²) in [4.78, 5) is 14.3. The van der Waals surface area contributed by atoms with E-state index in [0.717, 1.165) is 26.3 Å². The molecule has 1 atom stereocenters. The lowest BCUT2D eigenvalue weighted by molar-refractivity contribution is -0.123. The molecule has 0 spiro atoms. The molecule has 1 N–H and O–H groups in total. The first-order valence-corrected chi connectivity index (χ1v) is 8.03. The van der Waals surface area contributed by atoms with Crippen LogP contribution in [0.5, 0.6) is 5.75 Å². The lowest BCUT2D eigenvalue weighted by Gasteiger charge is -2.36. The number of carbonyl (C=O) groups excluding carboxylic acids is 1. The van der Waals surface area contributed by atoms with Gasteiger partial charge in [0.15, 0.2) is 6.61 Å². The van der Waals surface area contributed by atoms with E-state index < -0.39 is 0 Å². The topological polar surface area (TPSA) is 50.8 Å². The van der Waals surface area contributed by atoms with Crippen molar-refractivity contribution in [3.63, 3.8) is 0 Å². The fraction of sp³-hybridized carbons (Fsp3) is 0.588. The number of ether oxygens (including phenoxy) is 2. The van der Waals surface area contributed by atoms with Crippen molar-refractivity contribution in [3.8, 4) is 5.75 Å². The van der Waals surface area contributed by atoms with Crippen molar-refractivity contribution in [1.29, 1.82) is 0 Å². The van der Waals surface area contributed by atoms with Gasteiger partial charge in [-0.1, -0.05) is 13.8 Å². The summed E-state index contributed by atoms with van der Waals surface area (Å²) >= 11 is 0. The highest BCUT2D eigenvalue weighted by Crippen LogP contribution is 2.13. The minimum absolute atomic E-state index is 0.0699. The summed E-state index contributed by atoms with van der Waals surface area (Å²) in [7, 11) is 0. The van der Waals surface area contributed by atoms with Gasteiger partial charge in [0.2, 0.25) is 0 Å². The van der Waals surface area contributed by atoms with Crippen molar-refractivity contribution in [3.05, 3.63) is 30.1 Å². The average molecular weight is 324 g/mol. The number of hydrogen-bond acceptors (Lipinski definition) is 4. The van der Waals surface area contributed by atoms with Crippen LogP contribution in [0.25, 0.3) is 0 Å². The zero-order valence-corrected chi connectivity index (χ0v) is 13.8. The smallest absolute Gasteiger partial charge is 0.257 e. The quantitative estimate of drug-likeness (QED) is 0.829. The molecule has 0 bridgehead atoms. The maximum atomic E-state index is 12.8. The van der Waals surface area contributed by atoms with E-state index in [1.807, 2.05) is 0 Å². The largest absolute Gasteiger partial charge is 0.484 e. The molecule has 1 amide bonds. The van der Waals surface area contributed by atoms with Crippen LogP contribution in [0, 0.1) is 11.7 Å². The van der Waals surface area contributed by atoms with Crippen LogP contribution in [0.3, 0.4) is 0 Å². The molecule has 128 valence electrons. The molecule has 1 aromatic carbocycles. The van der Waals surface area contributed by atoms with Gasteiger partial charge in [0.05, 0.1) is 13.2 Å². The van der Waals surface area contributed by atoms with Crippen LogP contribution in [0.4, 0.5) is 4.39 Å². The Morgan fingerprint density at radius 3 is 2.57 bits per heavy atom. The maximum Gasteiger partial charge on any atom is 0.257 e. The summed E-state index contributed by atoms with van der Waals surface area (Å²) in [6.07, 6.45) is 0. The van der Waals surface area contributed by atoms with Gasteiger partial charge in [-0.2, -0.15) is 0 Å². The molecular weight excluding hydrogens is 299 g/mol. The molecule has 0 radical (unpaired) electrons. The van der Waals surface area contributed by atoms with Crippen LogP contribution < -0.4 is 10.1 Å². The van der Waals surface area contributed by atoms with Crippen molar-refractivity contribution < 1.29 is 18.7 Å². The first kappa shape index (κ1) is 17.7. The van der Waals surface area contributed by atoms with E-state index in [2.05, 4.69) is 24.1 Å². The molecule has 1 aromatic rings. The van der Waals surface area contributed by atoms with Crippen molar-refractivity contribution in [2.24, 2.45) is 5.92 Å². The minimum Gasteiger partial charge on any atom is -0.484 e. The number of benzene rings is 1. The third-order valence-corrected chi connectivity index (χ3v) is 3.98.